The summed E-state index contributed by atoms with van der Waals surface area (Å²) in [5, 5.41) is 3.50. The fourth-order valence-electron chi connectivity index (χ4n) is 4.72. The summed E-state index contributed by atoms with van der Waals surface area (Å²) in [7, 11) is -3.63. The molecule has 0 bridgehead atoms. The standard InChI is InChI=1S/C33H42ClN3O4S/c1-24(2)22-35-33(39)31(21-27-11-7-6-8-12-27)36(23-28-18-16-25(3)17-19-28)32(38)15-10-20-37(42(5,40)41)30-14-9-13-29(34)26(30)4/h6-9,11-14,16-19,24,31H,10,15,20-23H2,1-5H3,(H,35,39). The Bertz CT molecular complexity index is 1440. The molecule has 1 unspecified atom stereocenters. The maximum atomic E-state index is 13.9. The second kappa shape index (κ2) is 15.2. The van der Waals surface area contributed by atoms with Gasteiger partial charge in [0.05, 0.1) is 11.9 Å². The maximum Gasteiger partial charge on any atom is 0.243 e. The van der Waals surface area contributed by atoms with Gasteiger partial charge in [0.2, 0.25) is 21.8 Å². The second-order valence-electron chi connectivity index (χ2n) is 11.2. The fraction of sp³-hybridized carbons (Fsp3) is 0.394. The van der Waals surface area contributed by atoms with Crippen LogP contribution < -0.4 is 9.62 Å². The van der Waals surface area contributed by atoms with Crippen molar-refractivity contribution in [1.29, 1.82) is 0 Å². The average molecular weight is 612 g/mol. The molecule has 0 fully saturated rings. The van der Waals surface area contributed by atoms with E-state index in [9.17, 15) is 18.0 Å². The molecule has 0 aromatic heterocycles. The number of rotatable bonds is 14. The summed E-state index contributed by atoms with van der Waals surface area (Å²) in [4.78, 5) is 29.2. The molecule has 0 aliphatic heterocycles. The van der Waals surface area contributed by atoms with Gasteiger partial charge in [0.25, 0.3) is 0 Å². The van der Waals surface area contributed by atoms with Gasteiger partial charge in [0, 0.05) is 37.5 Å². The van der Waals surface area contributed by atoms with Crippen LogP contribution in [0.15, 0.2) is 72.8 Å². The Hall–Kier alpha value is -3.36. The van der Waals surface area contributed by atoms with Crippen LogP contribution in [0.1, 0.15) is 48.9 Å². The minimum absolute atomic E-state index is 0.0697. The number of nitrogens with zero attached hydrogens (tertiary/aromatic N) is 2. The summed E-state index contributed by atoms with van der Waals surface area (Å²) in [6.45, 7) is 8.68. The van der Waals surface area contributed by atoms with E-state index in [0.717, 1.165) is 22.9 Å². The third-order valence-electron chi connectivity index (χ3n) is 7.09. The first kappa shape index (κ1) is 33.1. The molecule has 3 rings (SSSR count). The quantitative estimate of drug-likeness (QED) is 0.245. The molecule has 3 aromatic rings. The second-order valence-corrected chi connectivity index (χ2v) is 13.5. The zero-order valence-corrected chi connectivity index (χ0v) is 26.7. The van der Waals surface area contributed by atoms with E-state index in [0.29, 0.717) is 29.2 Å². The molecule has 7 nitrogen and oxygen atoms in total. The summed E-state index contributed by atoms with van der Waals surface area (Å²) in [5.74, 6) is -0.169. The molecule has 0 radical (unpaired) electrons. The summed E-state index contributed by atoms with van der Waals surface area (Å²) >= 11 is 6.28. The normalized spacial score (nSPS) is 12.2. The molecule has 1 atom stereocenters. The number of nitrogens with one attached hydrogen (secondary N) is 1. The number of sulfonamides is 1. The molecule has 0 saturated carbocycles. The number of benzene rings is 3. The van der Waals surface area contributed by atoms with E-state index in [2.05, 4.69) is 5.32 Å². The molecule has 226 valence electrons. The largest absolute Gasteiger partial charge is 0.354 e. The SMILES string of the molecule is Cc1ccc(CN(C(=O)CCCN(c2cccc(Cl)c2C)S(C)(=O)=O)C(Cc2ccccc2)C(=O)NCC(C)C)cc1. The molecular weight excluding hydrogens is 570 g/mol. The monoisotopic (exact) mass is 611 g/mol. The highest BCUT2D eigenvalue weighted by Crippen LogP contribution is 2.28. The molecule has 0 heterocycles. The lowest BCUT2D eigenvalue weighted by Crippen LogP contribution is -2.51. The van der Waals surface area contributed by atoms with Crippen molar-refractivity contribution in [3.63, 3.8) is 0 Å². The Morgan fingerprint density at radius 1 is 0.905 bits per heavy atom. The Kier molecular flexibility index (Phi) is 12.0. The zero-order valence-electron chi connectivity index (χ0n) is 25.1. The Morgan fingerprint density at radius 3 is 2.19 bits per heavy atom. The molecule has 3 aromatic carbocycles. The fourth-order valence-corrected chi connectivity index (χ4v) is 5.90. The molecule has 2 amide bonds. The highest BCUT2D eigenvalue weighted by atomic mass is 35.5. The summed E-state index contributed by atoms with van der Waals surface area (Å²) in [6.07, 6.45) is 1.85. The molecule has 42 heavy (non-hydrogen) atoms. The van der Waals surface area contributed by atoms with Crippen LogP contribution in [0.25, 0.3) is 0 Å². The van der Waals surface area contributed by atoms with Crippen LogP contribution in [0.3, 0.4) is 0 Å². The van der Waals surface area contributed by atoms with Crippen molar-refractivity contribution in [3.05, 3.63) is 100 Å². The zero-order chi connectivity index (χ0) is 30.9. The molecular formula is C33H42ClN3O4S. The minimum Gasteiger partial charge on any atom is -0.354 e. The number of halogens is 1. The van der Waals surface area contributed by atoms with Gasteiger partial charge < -0.3 is 10.2 Å². The van der Waals surface area contributed by atoms with Crippen LogP contribution in [-0.2, 0) is 32.6 Å². The first-order valence-electron chi connectivity index (χ1n) is 14.3. The minimum atomic E-state index is -3.63. The predicted octanol–water partition coefficient (Wildman–Crippen LogP) is 5.92. The van der Waals surface area contributed by atoms with Crippen molar-refractivity contribution in [2.45, 2.75) is 59.5 Å². The van der Waals surface area contributed by atoms with Gasteiger partial charge in [-0.25, -0.2) is 8.42 Å². The van der Waals surface area contributed by atoms with E-state index in [1.165, 1.54) is 4.31 Å². The molecule has 0 saturated heterocycles. The number of aryl methyl sites for hydroxylation is 1. The lowest BCUT2D eigenvalue weighted by Gasteiger charge is -2.32. The Labute approximate surface area is 255 Å². The van der Waals surface area contributed by atoms with Crippen LogP contribution in [0, 0.1) is 19.8 Å². The van der Waals surface area contributed by atoms with Crippen molar-refractivity contribution in [1.82, 2.24) is 10.2 Å². The van der Waals surface area contributed by atoms with E-state index in [1.807, 2.05) is 75.4 Å². The van der Waals surface area contributed by atoms with Crippen molar-refractivity contribution in [3.8, 4) is 0 Å². The lowest BCUT2D eigenvalue weighted by atomic mass is 10.0. The smallest absolute Gasteiger partial charge is 0.243 e. The van der Waals surface area contributed by atoms with Gasteiger partial charge in [-0.2, -0.15) is 0 Å². The van der Waals surface area contributed by atoms with E-state index in [-0.39, 0.29) is 43.7 Å². The van der Waals surface area contributed by atoms with Crippen molar-refractivity contribution in [2.24, 2.45) is 5.92 Å². The van der Waals surface area contributed by atoms with Crippen molar-refractivity contribution < 1.29 is 18.0 Å². The van der Waals surface area contributed by atoms with Crippen LogP contribution in [0.4, 0.5) is 5.69 Å². The third-order valence-corrected chi connectivity index (χ3v) is 8.68. The Balaban J connectivity index is 1.89. The Morgan fingerprint density at radius 2 is 1.57 bits per heavy atom. The maximum absolute atomic E-state index is 13.9. The van der Waals surface area contributed by atoms with Gasteiger partial charge in [0.15, 0.2) is 0 Å². The predicted molar refractivity (Wildman–Crippen MR) is 171 cm³/mol. The summed E-state index contributed by atoms with van der Waals surface area (Å²) in [6, 6.07) is 22.0. The summed E-state index contributed by atoms with van der Waals surface area (Å²) < 4.78 is 26.8. The third kappa shape index (κ3) is 9.60. The number of amides is 2. The number of carbonyl (C=O) groups is 2. The average Bonchev–Trinajstić information content (AvgIpc) is 2.94. The van der Waals surface area contributed by atoms with Gasteiger partial charge >= 0.3 is 0 Å². The molecule has 0 aliphatic rings. The van der Waals surface area contributed by atoms with E-state index < -0.39 is 16.1 Å². The molecule has 1 N–H and O–H groups in total. The first-order chi connectivity index (χ1) is 19.9. The molecule has 0 aliphatic carbocycles. The number of hydrogen-bond donors (Lipinski definition) is 1. The molecule has 0 spiro atoms. The van der Waals surface area contributed by atoms with E-state index in [1.54, 1.807) is 30.0 Å². The van der Waals surface area contributed by atoms with E-state index in [4.69, 9.17) is 11.6 Å². The van der Waals surface area contributed by atoms with Crippen LogP contribution in [0.2, 0.25) is 5.02 Å². The van der Waals surface area contributed by atoms with Gasteiger partial charge in [-0.15, -0.1) is 0 Å². The van der Waals surface area contributed by atoms with Crippen LogP contribution >= 0.6 is 11.6 Å². The van der Waals surface area contributed by atoms with Gasteiger partial charge in [0.1, 0.15) is 6.04 Å². The first-order valence-corrected chi connectivity index (χ1v) is 16.5. The van der Waals surface area contributed by atoms with Crippen LogP contribution in [-0.4, -0.2) is 50.5 Å². The van der Waals surface area contributed by atoms with Gasteiger partial charge in [-0.3, -0.25) is 13.9 Å². The lowest BCUT2D eigenvalue weighted by molar-refractivity contribution is -0.141. The number of hydrogen-bond acceptors (Lipinski definition) is 4. The molecule has 9 heteroatoms. The number of anilines is 1. The van der Waals surface area contributed by atoms with Crippen molar-refractivity contribution in [2.75, 3.05) is 23.7 Å². The highest BCUT2D eigenvalue weighted by Gasteiger charge is 2.30. The van der Waals surface area contributed by atoms with E-state index >= 15 is 0 Å². The highest BCUT2D eigenvalue weighted by molar-refractivity contribution is 7.92. The summed E-state index contributed by atoms with van der Waals surface area (Å²) in [5.41, 5.74) is 4.11. The topological polar surface area (TPSA) is 86.8 Å². The van der Waals surface area contributed by atoms with Gasteiger partial charge in [-0.05, 0) is 55.0 Å². The van der Waals surface area contributed by atoms with Crippen molar-refractivity contribution >= 4 is 39.1 Å². The van der Waals surface area contributed by atoms with Gasteiger partial charge in [-0.1, -0.05) is 91.7 Å². The number of carbonyl (C=O) groups excluding carboxylic acids is 2. The van der Waals surface area contributed by atoms with Crippen LogP contribution in [0.5, 0.6) is 0 Å².